The van der Waals surface area contributed by atoms with Crippen molar-refractivity contribution in [3.8, 4) is 0 Å². The fraction of sp³-hybridized carbons (Fsp3) is 0.500. The van der Waals surface area contributed by atoms with E-state index in [0.717, 1.165) is 0 Å². The Balaban J connectivity index is 2.69. The highest BCUT2D eigenvalue weighted by molar-refractivity contribution is 7.97. The Morgan fingerprint density at radius 3 is 2.57 bits per heavy atom. The van der Waals surface area contributed by atoms with Crippen LogP contribution in [-0.4, -0.2) is 10.5 Å². The molecule has 38 valence electrons. The third kappa shape index (κ3) is 0.920. The predicted molar refractivity (Wildman–Crippen MR) is 30.9 cm³/mol. The molecule has 1 heterocycles. The van der Waals surface area contributed by atoms with Gasteiger partial charge in [0.05, 0.1) is 0 Å². The van der Waals surface area contributed by atoms with Crippen LogP contribution < -0.4 is 0 Å². The van der Waals surface area contributed by atoms with Crippen LogP contribution in [0, 0.1) is 0 Å². The van der Waals surface area contributed by atoms with Gasteiger partial charge in [-0.15, -0.1) is 22.8 Å². The summed E-state index contributed by atoms with van der Waals surface area (Å²) in [5.74, 6) is 0. The summed E-state index contributed by atoms with van der Waals surface area (Å²) in [4.78, 5) is 0. The second-order valence-corrected chi connectivity index (χ2v) is 1.87. The summed E-state index contributed by atoms with van der Waals surface area (Å²) < 4.78 is 0. The summed E-state index contributed by atoms with van der Waals surface area (Å²) in [5.41, 5.74) is -0.441. The molecule has 0 amide bonds. The molecule has 0 saturated heterocycles. The zero-order chi connectivity index (χ0) is 5.28. The van der Waals surface area contributed by atoms with E-state index in [1.54, 1.807) is 0 Å². The topological polar surface area (TPSA) is 37.1 Å². The van der Waals surface area contributed by atoms with Crippen molar-refractivity contribution in [1.82, 2.24) is 0 Å². The maximum absolute atomic E-state index is 5.40. The van der Waals surface area contributed by atoms with Gasteiger partial charge in [0, 0.05) is 0 Å². The van der Waals surface area contributed by atoms with Crippen molar-refractivity contribution in [2.24, 2.45) is 15.4 Å². The molecule has 0 bridgehead atoms. The van der Waals surface area contributed by atoms with Crippen molar-refractivity contribution in [3.05, 3.63) is 0 Å². The standard InChI is InChI=1S/C2H2ClN3S/c3-1-2(7)5-6-4-1/h1H,(H,4,5,7). The molecule has 0 radical (unpaired) electrons. The lowest BCUT2D eigenvalue weighted by Crippen LogP contribution is -1.97. The summed E-state index contributed by atoms with van der Waals surface area (Å²) >= 11 is 9.21. The Labute approximate surface area is 50.9 Å². The number of hydrogen-bond donors (Lipinski definition) is 1. The van der Waals surface area contributed by atoms with E-state index in [1.165, 1.54) is 0 Å². The van der Waals surface area contributed by atoms with E-state index in [0.29, 0.717) is 5.04 Å². The molecule has 3 nitrogen and oxygen atoms in total. The van der Waals surface area contributed by atoms with E-state index >= 15 is 0 Å². The molecule has 5 heteroatoms. The molecular formula is C2H2ClN3S. The van der Waals surface area contributed by atoms with E-state index in [2.05, 4.69) is 28.1 Å². The Bertz CT molecular complexity index is 131. The van der Waals surface area contributed by atoms with Gasteiger partial charge in [-0.1, -0.05) is 11.6 Å². The number of thiol groups is 1. The molecule has 1 atom stereocenters. The van der Waals surface area contributed by atoms with E-state index in [9.17, 15) is 0 Å². The lowest BCUT2D eigenvalue weighted by atomic mass is 10.7. The monoisotopic (exact) mass is 135 g/mol. The van der Waals surface area contributed by atoms with Crippen molar-refractivity contribution in [3.63, 3.8) is 0 Å². The fourth-order valence-electron chi connectivity index (χ4n) is 0.216. The lowest BCUT2D eigenvalue weighted by molar-refractivity contribution is 1.03. The maximum atomic E-state index is 5.40. The number of hydrogen-bond acceptors (Lipinski definition) is 3. The normalized spacial score (nSPS) is 28.3. The Hall–Kier alpha value is -0.0900. The first-order valence-corrected chi connectivity index (χ1v) is 2.50. The van der Waals surface area contributed by atoms with Crippen LogP contribution in [0.3, 0.4) is 0 Å². The minimum atomic E-state index is -0.441. The molecule has 0 spiro atoms. The molecule has 0 aromatic rings. The van der Waals surface area contributed by atoms with Crippen LogP contribution in [0.25, 0.3) is 0 Å². The van der Waals surface area contributed by atoms with Gasteiger partial charge in [0.25, 0.3) is 0 Å². The smallest absolute Gasteiger partial charge is 0.142 e. The molecule has 1 unspecified atom stereocenters. The fourth-order valence-corrected chi connectivity index (χ4v) is 0.391. The SMILES string of the molecule is SC1=NN=NC1Cl. The average Bonchev–Trinajstić information content (AvgIpc) is 1.91. The van der Waals surface area contributed by atoms with Crippen molar-refractivity contribution in [2.75, 3.05) is 0 Å². The van der Waals surface area contributed by atoms with Crippen LogP contribution in [0.2, 0.25) is 0 Å². The minimum absolute atomic E-state index is 0.441. The van der Waals surface area contributed by atoms with Crippen molar-refractivity contribution in [1.29, 1.82) is 0 Å². The summed E-state index contributed by atoms with van der Waals surface area (Å²) in [6.45, 7) is 0. The van der Waals surface area contributed by atoms with Gasteiger partial charge in [0.1, 0.15) is 5.04 Å². The highest BCUT2D eigenvalue weighted by atomic mass is 35.5. The summed E-state index contributed by atoms with van der Waals surface area (Å²) in [6.07, 6.45) is 0. The van der Waals surface area contributed by atoms with E-state index in [4.69, 9.17) is 11.6 Å². The van der Waals surface area contributed by atoms with Gasteiger partial charge in [0.2, 0.25) is 0 Å². The molecule has 1 aliphatic rings. The zero-order valence-corrected chi connectivity index (χ0v) is 4.89. The zero-order valence-electron chi connectivity index (χ0n) is 3.24. The van der Waals surface area contributed by atoms with Crippen LogP contribution >= 0.6 is 24.2 Å². The first kappa shape index (κ1) is 5.05. The Morgan fingerprint density at radius 1 is 1.71 bits per heavy atom. The second-order valence-electron chi connectivity index (χ2n) is 0.999. The third-order valence-corrected chi connectivity index (χ3v) is 1.29. The minimum Gasteiger partial charge on any atom is -0.142 e. The van der Waals surface area contributed by atoms with E-state index in [1.807, 2.05) is 0 Å². The Morgan fingerprint density at radius 2 is 2.43 bits per heavy atom. The third-order valence-electron chi connectivity index (χ3n) is 0.513. The van der Waals surface area contributed by atoms with Crippen molar-refractivity contribution >= 4 is 29.3 Å². The molecule has 0 N–H and O–H groups in total. The highest BCUT2D eigenvalue weighted by Gasteiger charge is 2.10. The van der Waals surface area contributed by atoms with Crippen LogP contribution in [0.15, 0.2) is 15.4 Å². The molecule has 0 saturated carbocycles. The van der Waals surface area contributed by atoms with Crippen LogP contribution in [-0.2, 0) is 0 Å². The van der Waals surface area contributed by atoms with Crippen LogP contribution in [0.5, 0.6) is 0 Å². The maximum Gasteiger partial charge on any atom is 0.195 e. The van der Waals surface area contributed by atoms with Gasteiger partial charge in [-0.05, 0) is 5.22 Å². The summed E-state index contributed by atoms with van der Waals surface area (Å²) in [5, 5.41) is 10.6. The van der Waals surface area contributed by atoms with Crippen molar-refractivity contribution < 1.29 is 0 Å². The molecule has 0 aromatic carbocycles. The molecule has 0 aliphatic carbocycles. The molecule has 0 aromatic heterocycles. The molecule has 0 fully saturated rings. The summed E-state index contributed by atoms with van der Waals surface area (Å²) in [7, 11) is 0. The summed E-state index contributed by atoms with van der Waals surface area (Å²) in [6, 6.07) is 0. The quantitative estimate of drug-likeness (QED) is 0.295. The van der Waals surface area contributed by atoms with E-state index < -0.39 is 5.50 Å². The lowest BCUT2D eigenvalue weighted by Gasteiger charge is -1.85. The molecule has 1 aliphatic heterocycles. The molecule has 1 rings (SSSR count). The number of rotatable bonds is 0. The van der Waals surface area contributed by atoms with Crippen molar-refractivity contribution in [2.45, 2.75) is 5.50 Å². The van der Waals surface area contributed by atoms with Gasteiger partial charge >= 0.3 is 0 Å². The van der Waals surface area contributed by atoms with Crippen LogP contribution in [0.4, 0.5) is 0 Å². The van der Waals surface area contributed by atoms with Gasteiger partial charge in [-0.2, -0.15) is 0 Å². The van der Waals surface area contributed by atoms with Gasteiger partial charge in [-0.25, -0.2) is 0 Å². The molecular weight excluding hydrogens is 134 g/mol. The van der Waals surface area contributed by atoms with Gasteiger partial charge in [-0.3, -0.25) is 0 Å². The predicted octanol–water partition coefficient (Wildman–Crippen LogP) is 1.26. The second kappa shape index (κ2) is 1.79. The number of nitrogens with zero attached hydrogens (tertiary/aromatic N) is 3. The van der Waals surface area contributed by atoms with Gasteiger partial charge in [0.15, 0.2) is 5.50 Å². The van der Waals surface area contributed by atoms with Crippen LogP contribution in [0.1, 0.15) is 0 Å². The Kier molecular flexibility index (Phi) is 1.30. The van der Waals surface area contributed by atoms with E-state index in [-0.39, 0.29) is 0 Å². The first-order valence-electron chi connectivity index (χ1n) is 1.61. The largest absolute Gasteiger partial charge is 0.195 e. The average molecular weight is 136 g/mol. The molecule has 7 heavy (non-hydrogen) atoms. The number of alkyl halides is 1. The van der Waals surface area contributed by atoms with Gasteiger partial charge < -0.3 is 0 Å². The highest BCUT2D eigenvalue weighted by Crippen LogP contribution is 2.10. The number of halogens is 1. The first-order chi connectivity index (χ1) is 3.30.